The number of cyclic esters (lactones) is 1. The number of H-pyrrole nitrogens is 1. The number of carbonyl (C=O) groups excluding carboxylic acids is 2. The highest BCUT2D eigenvalue weighted by Gasteiger charge is 2.39. The molecule has 4 aromatic rings. The maximum absolute atomic E-state index is 14.2. The number of esters is 1. The van der Waals surface area contributed by atoms with E-state index in [9.17, 15) is 24.9 Å². The van der Waals surface area contributed by atoms with Crippen LogP contribution in [0.5, 0.6) is 23.0 Å². The van der Waals surface area contributed by atoms with Crippen molar-refractivity contribution in [2.45, 2.75) is 76.2 Å². The number of Topliss-reactive ketones (excluding diaryl/α,β-unsaturated/α-hetero) is 1. The lowest BCUT2D eigenvalue weighted by atomic mass is 9.69. The smallest absolute Gasteiger partial charge is 0.318 e. The van der Waals surface area contributed by atoms with Crippen molar-refractivity contribution in [1.29, 1.82) is 0 Å². The van der Waals surface area contributed by atoms with Gasteiger partial charge in [0, 0.05) is 35.7 Å². The number of para-hydroxylation sites is 1. The van der Waals surface area contributed by atoms with Crippen molar-refractivity contribution in [3.05, 3.63) is 88.6 Å². The second-order valence-corrected chi connectivity index (χ2v) is 14.1. The first-order valence-corrected chi connectivity index (χ1v) is 18.3. The molecule has 1 aromatic heterocycles. The maximum atomic E-state index is 14.2. The molecule has 3 aromatic carbocycles. The van der Waals surface area contributed by atoms with E-state index in [0.29, 0.717) is 25.0 Å². The fraction of sp³-hybridized carbons (Fsp3) is 0.395. The summed E-state index contributed by atoms with van der Waals surface area (Å²) in [6, 6.07) is 16.8. The molecule has 1 aliphatic heterocycles. The van der Waals surface area contributed by atoms with Gasteiger partial charge < -0.3 is 34.5 Å². The zero-order valence-corrected chi connectivity index (χ0v) is 29.5. The molecule has 0 amide bonds. The number of methoxy groups -OCH3 is 1. The number of carbonyl (C=O) groups is 2. The van der Waals surface area contributed by atoms with E-state index in [1.165, 1.54) is 6.07 Å². The van der Waals surface area contributed by atoms with E-state index in [0.717, 1.165) is 70.1 Å². The molecule has 0 radical (unpaired) electrons. The largest absolute Gasteiger partial charge is 0.504 e. The van der Waals surface area contributed by atoms with Crippen LogP contribution in [-0.4, -0.2) is 58.5 Å². The number of aromatic nitrogens is 1. The first-order valence-electron chi connectivity index (χ1n) is 18.3. The van der Waals surface area contributed by atoms with Crippen LogP contribution in [0.3, 0.4) is 0 Å². The number of ketones is 1. The Bertz CT molecular complexity index is 2070. The molecule has 2 aliphatic carbocycles. The molecule has 2 heterocycles. The number of aromatic amines is 1. The molecule has 2 bridgehead atoms. The second kappa shape index (κ2) is 15.6. The Kier molecular flexibility index (Phi) is 10.6. The third kappa shape index (κ3) is 7.40. The van der Waals surface area contributed by atoms with E-state index >= 15 is 0 Å². The van der Waals surface area contributed by atoms with Crippen molar-refractivity contribution >= 4 is 28.2 Å². The van der Waals surface area contributed by atoms with Crippen molar-refractivity contribution in [2.75, 3.05) is 20.3 Å². The molecular weight excluding hydrogens is 658 g/mol. The number of rotatable bonds is 7. The van der Waals surface area contributed by atoms with E-state index < -0.39 is 12.1 Å². The standard InChI is InChI=1S/C43H45NO8/c1-50-40-25-35-33-23-28(46)22-29(16-14-26-15-17-38(47)41(20-26)51-19-18-45)52-42(49)13-7-5-11-32-31-10-4-6-12-37(31)44-43(32)36(34(35)24-39(40)48)21-27-8-2-3-9-30(27)33/h4,6,10,12,15,17,20-21,24-25,27,29-30,33,44-45,47-48H,2-3,8-9,11,13-14,16,18-19,22-23H2,1H3. The first-order chi connectivity index (χ1) is 25.3. The predicted octanol–water partition coefficient (Wildman–Crippen LogP) is 7.14. The number of phenols is 2. The van der Waals surface area contributed by atoms with Gasteiger partial charge in [-0.3, -0.25) is 9.59 Å². The van der Waals surface area contributed by atoms with Gasteiger partial charge in [0.25, 0.3) is 0 Å². The third-order valence-corrected chi connectivity index (χ3v) is 10.8. The number of hydrogen-bond donors (Lipinski definition) is 4. The van der Waals surface area contributed by atoms with Crippen LogP contribution in [0.1, 0.15) is 85.2 Å². The highest BCUT2D eigenvalue weighted by Crippen LogP contribution is 2.51. The van der Waals surface area contributed by atoms with Crippen LogP contribution in [0.2, 0.25) is 0 Å². The molecule has 4 atom stereocenters. The summed E-state index contributed by atoms with van der Waals surface area (Å²) in [5.74, 6) is 6.69. The molecule has 1 saturated carbocycles. The van der Waals surface area contributed by atoms with Crippen LogP contribution in [-0.2, 0) is 27.2 Å². The average molecular weight is 704 g/mol. The molecule has 0 saturated heterocycles. The minimum absolute atomic E-state index is 0.00396. The molecule has 270 valence electrons. The zero-order valence-electron chi connectivity index (χ0n) is 29.5. The minimum atomic E-state index is -0.680. The van der Waals surface area contributed by atoms with Gasteiger partial charge in [-0.1, -0.05) is 55.0 Å². The number of nitrogens with one attached hydrogen (secondary N) is 1. The van der Waals surface area contributed by atoms with E-state index in [1.54, 1.807) is 25.3 Å². The highest BCUT2D eigenvalue weighted by atomic mass is 16.5. The number of allylic oxidation sites excluding steroid dienone is 1. The number of benzene rings is 3. The van der Waals surface area contributed by atoms with Crippen LogP contribution >= 0.6 is 0 Å². The summed E-state index contributed by atoms with van der Waals surface area (Å²) in [6.07, 6.45) is 7.30. The summed E-state index contributed by atoms with van der Waals surface area (Å²) in [5.41, 5.74) is 6.62. The lowest BCUT2D eigenvalue weighted by Crippen LogP contribution is -2.28. The molecule has 52 heavy (non-hydrogen) atoms. The summed E-state index contributed by atoms with van der Waals surface area (Å²) in [7, 11) is 1.54. The SMILES string of the molecule is COc1cc2c(cc1O)C1=CC3CCCCC3C2CC(=O)CC(CCc2ccc(O)c(OCCO)c2)OC(=O)CC#CCc2c1[nH]c1ccccc21. The lowest BCUT2D eigenvalue weighted by molar-refractivity contribution is -0.149. The summed E-state index contributed by atoms with van der Waals surface area (Å²) in [6.45, 7) is -0.142. The Morgan fingerprint density at radius 3 is 2.62 bits per heavy atom. The summed E-state index contributed by atoms with van der Waals surface area (Å²) >= 11 is 0. The number of aromatic hydroxyl groups is 2. The minimum Gasteiger partial charge on any atom is -0.504 e. The van der Waals surface area contributed by atoms with Gasteiger partial charge in [0.15, 0.2) is 23.0 Å². The summed E-state index contributed by atoms with van der Waals surface area (Å²) < 4.78 is 17.1. The Labute approximate surface area is 303 Å². The molecule has 0 spiro atoms. The van der Waals surface area contributed by atoms with Gasteiger partial charge in [-0.2, -0.15) is 0 Å². The molecule has 9 nitrogen and oxygen atoms in total. The van der Waals surface area contributed by atoms with Crippen LogP contribution in [0, 0.1) is 23.7 Å². The highest BCUT2D eigenvalue weighted by molar-refractivity contribution is 5.94. The van der Waals surface area contributed by atoms with Gasteiger partial charge in [-0.15, -0.1) is 0 Å². The fourth-order valence-corrected chi connectivity index (χ4v) is 8.42. The van der Waals surface area contributed by atoms with Crippen molar-refractivity contribution in [3.63, 3.8) is 0 Å². The normalized spacial score (nSPS) is 21.8. The van der Waals surface area contributed by atoms with Gasteiger partial charge in [-0.25, -0.2) is 0 Å². The Hall–Kier alpha value is -5.20. The number of hydrogen-bond acceptors (Lipinski definition) is 8. The second-order valence-electron chi connectivity index (χ2n) is 14.1. The van der Waals surface area contributed by atoms with Crippen LogP contribution in [0.25, 0.3) is 16.5 Å². The van der Waals surface area contributed by atoms with Crippen LogP contribution < -0.4 is 9.47 Å². The topological polar surface area (TPSA) is 138 Å². The third-order valence-electron chi connectivity index (χ3n) is 10.8. The van der Waals surface area contributed by atoms with Gasteiger partial charge in [0.1, 0.15) is 24.9 Å². The van der Waals surface area contributed by atoms with Gasteiger partial charge in [0.05, 0.1) is 19.4 Å². The fourth-order valence-electron chi connectivity index (χ4n) is 8.42. The van der Waals surface area contributed by atoms with E-state index in [-0.39, 0.29) is 73.3 Å². The van der Waals surface area contributed by atoms with Gasteiger partial charge >= 0.3 is 5.97 Å². The molecule has 4 N–H and O–H groups in total. The van der Waals surface area contributed by atoms with Crippen molar-refractivity contribution < 1.29 is 39.1 Å². The first kappa shape index (κ1) is 35.2. The average Bonchev–Trinajstić information content (AvgIpc) is 3.45. The van der Waals surface area contributed by atoms with Crippen LogP contribution in [0.4, 0.5) is 0 Å². The number of ether oxygens (including phenoxy) is 3. The van der Waals surface area contributed by atoms with Crippen molar-refractivity contribution in [2.24, 2.45) is 11.8 Å². The molecule has 1 fully saturated rings. The quantitative estimate of drug-likeness (QED) is 0.118. The Morgan fingerprint density at radius 2 is 1.77 bits per heavy atom. The van der Waals surface area contributed by atoms with Gasteiger partial charge in [0.2, 0.25) is 0 Å². The molecule has 7 rings (SSSR count). The molecule has 3 aliphatic rings. The number of aliphatic hydroxyl groups excluding tert-OH is 1. The van der Waals surface area contributed by atoms with E-state index in [4.69, 9.17) is 14.2 Å². The molecule has 4 unspecified atom stereocenters. The van der Waals surface area contributed by atoms with E-state index in [2.05, 4.69) is 29.0 Å². The lowest BCUT2D eigenvalue weighted by Gasteiger charge is -2.35. The maximum Gasteiger partial charge on any atom is 0.318 e. The van der Waals surface area contributed by atoms with E-state index in [1.807, 2.05) is 24.3 Å². The number of fused-ring (bicyclic) bond motifs is 6. The number of aliphatic hydroxyl groups is 1. The van der Waals surface area contributed by atoms with Crippen LogP contribution in [0.15, 0.2) is 60.7 Å². The monoisotopic (exact) mass is 703 g/mol. The van der Waals surface area contributed by atoms with Crippen molar-refractivity contribution in [3.8, 4) is 34.8 Å². The summed E-state index contributed by atoms with van der Waals surface area (Å²) in [5, 5.41) is 31.6. The molecular formula is C43H45NO8. The van der Waals surface area contributed by atoms with Gasteiger partial charge in [-0.05, 0) is 96.0 Å². The van der Waals surface area contributed by atoms with Crippen molar-refractivity contribution in [1.82, 2.24) is 4.98 Å². The number of phenolic OH excluding ortho intramolecular Hbond substituents is 2. The molecule has 9 heteroatoms. The predicted molar refractivity (Wildman–Crippen MR) is 197 cm³/mol. The Balaban J connectivity index is 1.30. The number of aryl methyl sites for hydroxylation is 1. The summed E-state index contributed by atoms with van der Waals surface area (Å²) in [4.78, 5) is 31.1. The zero-order chi connectivity index (χ0) is 36.2. The Morgan fingerprint density at radius 1 is 0.942 bits per heavy atom.